The maximum Gasteiger partial charge on any atom is 0.317 e. The average Bonchev–Trinajstić information content (AvgIpc) is 2.98. The topological polar surface area (TPSA) is 70.4 Å². The minimum Gasteiger partial charge on any atom is -0.389 e. The fourth-order valence-electron chi connectivity index (χ4n) is 4.11. The first-order valence-corrected chi connectivity index (χ1v) is 9.31. The number of fused-ring (bicyclic) bond motifs is 1. The van der Waals surface area contributed by atoms with Gasteiger partial charge in [0.15, 0.2) is 0 Å². The first-order valence-electron chi connectivity index (χ1n) is 9.31. The van der Waals surface area contributed by atoms with Crippen LogP contribution in [0.3, 0.4) is 0 Å². The van der Waals surface area contributed by atoms with E-state index in [1.165, 1.54) is 6.42 Å². The molecule has 2 atom stereocenters. The molecule has 0 radical (unpaired) electrons. The van der Waals surface area contributed by atoms with E-state index in [0.717, 1.165) is 50.9 Å². The van der Waals surface area contributed by atoms with E-state index in [0.29, 0.717) is 19.6 Å². The van der Waals surface area contributed by atoms with Crippen molar-refractivity contribution in [2.24, 2.45) is 5.92 Å². The molecule has 1 saturated heterocycles. The van der Waals surface area contributed by atoms with Crippen LogP contribution in [0.5, 0.6) is 0 Å². The summed E-state index contributed by atoms with van der Waals surface area (Å²) in [6.07, 6.45) is 10.8. The van der Waals surface area contributed by atoms with Gasteiger partial charge >= 0.3 is 6.03 Å². The van der Waals surface area contributed by atoms with E-state index >= 15 is 0 Å². The number of aryl methyl sites for hydroxylation is 2. The molecule has 1 aromatic heterocycles. The number of likely N-dealkylation sites (tertiary alicyclic amines) is 1. The van der Waals surface area contributed by atoms with Crippen LogP contribution >= 0.6 is 0 Å². The molecule has 0 spiro atoms. The predicted octanol–water partition coefficient (Wildman–Crippen LogP) is 2.31. The smallest absolute Gasteiger partial charge is 0.317 e. The molecule has 0 bridgehead atoms. The Balaban J connectivity index is 1.36. The zero-order chi connectivity index (χ0) is 17.0. The molecule has 1 aromatic rings. The van der Waals surface area contributed by atoms with Gasteiger partial charge in [-0.15, -0.1) is 0 Å². The van der Waals surface area contributed by atoms with Crippen molar-refractivity contribution in [2.75, 3.05) is 19.6 Å². The van der Waals surface area contributed by atoms with Gasteiger partial charge in [0.1, 0.15) is 5.82 Å². The first-order chi connectivity index (χ1) is 11.6. The molecule has 2 heterocycles. The molecule has 3 rings (SSSR count). The van der Waals surface area contributed by atoms with E-state index in [9.17, 15) is 9.90 Å². The van der Waals surface area contributed by atoms with Crippen LogP contribution in [0.2, 0.25) is 0 Å². The maximum absolute atomic E-state index is 12.3. The van der Waals surface area contributed by atoms with E-state index < -0.39 is 5.60 Å². The van der Waals surface area contributed by atoms with E-state index in [4.69, 9.17) is 0 Å². The number of rotatable bonds is 5. The van der Waals surface area contributed by atoms with Crippen LogP contribution in [0.4, 0.5) is 4.79 Å². The van der Waals surface area contributed by atoms with Gasteiger partial charge < -0.3 is 19.9 Å². The number of nitrogens with one attached hydrogen (secondary N) is 1. The van der Waals surface area contributed by atoms with E-state index in [2.05, 4.69) is 14.9 Å². The summed E-state index contributed by atoms with van der Waals surface area (Å²) in [6.45, 7) is 5.03. The molecular weight excluding hydrogens is 304 g/mol. The number of urea groups is 1. The molecule has 1 saturated carbocycles. The molecule has 24 heavy (non-hydrogen) atoms. The fourth-order valence-corrected chi connectivity index (χ4v) is 4.11. The standard InChI is InChI=1S/C18H30N4O2/c1-15-19-10-13-21(15)11-5-4-9-20-17(23)22-12-8-18(24)7-3-2-6-16(18)14-22/h10,13,16,24H,2-9,11-12,14H2,1H3,(H,20,23). The van der Waals surface area contributed by atoms with Crippen LogP contribution in [0, 0.1) is 12.8 Å². The lowest BCUT2D eigenvalue weighted by atomic mass is 9.71. The summed E-state index contributed by atoms with van der Waals surface area (Å²) in [5.74, 6) is 1.29. The second-order valence-electron chi connectivity index (χ2n) is 7.35. The quantitative estimate of drug-likeness (QED) is 0.812. The van der Waals surface area contributed by atoms with Crippen molar-refractivity contribution < 1.29 is 9.90 Å². The number of carbonyl (C=O) groups excluding carboxylic acids is 1. The van der Waals surface area contributed by atoms with Crippen LogP contribution < -0.4 is 5.32 Å². The number of amides is 2. The molecule has 2 N–H and O–H groups in total. The molecule has 2 amide bonds. The first kappa shape index (κ1) is 17.3. The molecule has 6 heteroatoms. The molecule has 1 aliphatic carbocycles. The molecule has 6 nitrogen and oxygen atoms in total. The number of hydrogen-bond donors (Lipinski definition) is 2. The lowest BCUT2D eigenvalue weighted by molar-refractivity contribution is -0.0870. The van der Waals surface area contributed by atoms with Crippen LogP contribution in [0.15, 0.2) is 12.4 Å². The molecule has 1 aliphatic heterocycles. The van der Waals surface area contributed by atoms with Gasteiger partial charge in [0.25, 0.3) is 0 Å². The molecule has 2 unspecified atom stereocenters. The molecular formula is C18H30N4O2. The summed E-state index contributed by atoms with van der Waals surface area (Å²) < 4.78 is 2.14. The fraction of sp³-hybridized carbons (Fsp3) is 0.778. The number of nitrogens with zero attached hydrogens (tertiary/aromatic N) is 3. The Hall–Kier alpha value is -1.56. The summed E-state index contributed by atoms with van der Waals surface area (Å²) in [5, 5.41) is 13.7. The average molecular weight is 334 g/mol. The van der Waals surface area contributed by atoms with Crippen LogP contribution in [-0.2, 0) is 6.54 Å². The third-order valence-electron chi connectivity index (χ3n) is 5.74. The zero-order valence-corrected chi connectivity index (χ0v) is 14.7. The van der Waals surface area contributed by atoms with Crippen molar-refractivity contribution in [1.29, 1.82) is 0 Å². The second-order valence-corrected chi connectivity index (χ2v) is 7.35. The Morgan fingerprint density at radius 3 is 3.08 bits per heavy atom. The Morgan fingerprint density at radius 2 is 2.29 bits per heavy atom. The normalized spacial score (nSPS) is 26.9. The van der Waals surface area contributed by atoms with Crippen molar-refractivity contribution in [3.63, 3.8) is 0 Å². The number of unbranched alkanes of at least 4 members (excludes halogenated alkanes) is 1. The van der Waals surface area contributed by atoms with Crippen molar-refractivity contribution in [1.82, 2.24) is 19.8 Å². The van der Waals surface area contributed by atoms with E-state index in [1.807, 2.05) is 24.2 Å². The van der Waals surface area contributed by atoms with Gasteiger partial charge in [0.2, 0.25) is 0 Å². The third kappa shape index (κ3) is 3.91. The van der Waals surface area contributed by atoms with Gasteiger partial charge in [-0.1, -0.05) is 12.8 Å². The van der Waals surface area contributed by atoms with Crippen LogP contribution in [0.1, 0.15) is 50.8 Å². The van der Waals surface area contributed by atoms with Gasteiger partial charge in [-0.3, -0.25) is 0 Å². The predicted molar refractivity (Wildman–Crippen MR) is 92.7 cm³/mol. The van der Waals surface area contributed by atoms with Crippen molar-refractivity contribution >= 4 is 6.03 Å². The minimum atomic E-state index is -0.516. The Labute approximate surface area is 144 Å². The van der Waals surface area contributed by atoms with Crippen molar-refractivity contribution in [2.45, 2.75) is 64.0 Å². The molecule has 2 fully saturated rings. The monoisotopic (exact) mass is 334 g/mol. The van der Waals surface area contributed by atoms with Crippen LogP contribution in [-0.4, -0.2) is 50.8 Å². The summed E-state index contributed by atoms with van der Waals surface area (Å²) in [5.41, 5.74) is -0.516. The Kier molecular flexibility index (Phi) is 5.43. The highest BCUT2D eigenvalue weighted by Crippen LogP contribution is 2.39. The maximum atomic E-state index is 12.3. The molecule has 134 valence electrons. The van der Waals surface area contributed by atoms with Gasteiger partial charge in [0.05, 0.1) is 5.60 Å². The molecule has 2 aliphatic rings. The summed E-state index contributed by atoms with van der Waals surface area (Å²) in [7, 11) is 0. The number of piperidine rings is 1. The molecule has 0 aromatic carbocycles. The van der Waals surface area contributed by atoms with Crippen molar-refractivity contribution in [3.05, 3.63) is 18.2 Å². The highest BCUT2D eigenvalue weighted by molar-refractivity contribution is 5.74. The number of carbonyl (C=O) groups is 1. The summed E-state index contributed by atoms with van der Waals surface area (Å²) >= 11 is 0. The Bertz CT molecular complexity index is 559. The lowest BCUT2D eigenvalue weighted by Crippen LogP contribution is -2.56. The highest BCUT2D eigenvalue weighted by Gasteiger charge is 2.43. The van der Waals surface area contributed by atoms with Gasteiger partial charge in [0, 0.05) is 44.5 Å². The van der Waals surface area contributed by atoms with Crippen LogP contribution in [0.25, 0.3) is 0 Å². The van der Waals surface area contributed by atoms with Gasteiger partial charge in [-0.05, 0) is 39.0 Å². The number of imidazole rings is 1. The largest absolute Gasteiger partial charge is 0.389 e. The number of aromatic nitrogens is 2. The van der Waals surface area contributed by atoms with E-state index in [1.54, 1.807) is 0 Å². The Morgan fingerprint density at radius 1 is 1.42 bits per heavy atom. The van der Waals surface area contributed by atoms with Crippen molar-refractivity contribution in [3.8, 4) is 0 Å². The zero-order valence-electron chi connectivity index (χ0n) is 14.7. The van der Waals surface area contributed by atoms with Gasteiger partial charge in [-0.2, -0.15) is 0 Å². The summed E-state index contributed by atoms with van der Waals surface area (Å²) in [6, 6.07) is 0.0291. The second kappa shape index (κ2) is 7.55. The summed E-state index contributed by atoms with van der Waals surface area (Å²) in [4.78, 5) is 18.4. The minimum absolute atomic E-state index is 0.0291. The number of hydrogen-bond acceptors (Lipinski definition) is 3. The lowest BCUT2D eigenvalue weighted by Gasteiger charge is -2.47. The number of aliphatic hydroxyl groups is 1. The van der Waals surface area contributed by atoms with Gasteiger partial charge in [-0.25, -0.2) is 9.78 Å². The van der Waals surface area contributed by atoms with E-state index in [-0.39, 0.29) is 11.9 Å². The SMILES string of the molecule is Cc1nccn1CCCCNC(=O)N1CCC2(O)CCCCC2C1. The highest BCUT2D eigenvalue weighted by atomic mass is 16.3. The third-order valence-corrected chi connectivity index (χ3v) is 5.74.